The predicted octanol–water partition coefficient (Wildman–Crippen LogP) is 3.89. The molecule has 5 aliphatic rings. The van der Waals surface area contributed by atoms with E-state index in [9.17, 15) is 9.59 Å². The van der Waals surface area contributed by atoms with E-state index < -0.39 is 11.8 Å². The molecule has 3 unspecified atom stereocenters. The zero-order valence-electron chi connectivity index (χ0n) is 24.5. The largest absolute Gasteiger partial charge is 0.462 e. The minimum absolute atomic E-state index is 0.0641. The Morgan fingerprint density at radius 1 is 0.714 bits per heavy atom. The monoisotopic (exact) mass is 574 g/mol. The van der Waals surface area contributed by atoms with Gasteiger partial charge < -0.3 is 23.8 Å². The minimum atomic E-state index is -0.578. The van der Waals surface area contributed by atoms with Gasteiger partial charge in [0.2, 0.25) is 0 Å². The number of ether oxygens (including phenoxy) is 4. The summed E-state index contributed by atoms with van der Waals surface area (Å²) in [6, 6.07) is 21.0. The van der Waals surface area contributed by atoms with Crippen LogP contribution < -0.4 is 0 Å². The first-order valence-electron chi connectivity index (χ1n) is 15.6. The third-order valence-electron chi connectivity index (χ3n) is 10.5. The molecule has 8 nitrogen and oxygen atoms in total. The molecule has 0 radical (unpaired) electrons. The average molecular weight is 575 g/mol. The van der Waals surface area contributed by atoms with E-state index in [1.807, 2.05) is 60.7 Å². The molecule has 0 saturated carbocycles. The van der Waals surface area contributed by atoms with Gasteiger partial charge in [-0.05, 0) is 50.9 Å². The Balaban J connectivity index is 1.01. The first-order valence-corrected chi connectivity index (χ1v) is 15.6. The second-order valence-corrected chi connectivity index (χ2v) is 12.9. The van der Waals surface area contributed by atoms with Gasteiger partial charge in [0.15, 0.2) is 0 Å². The lowest BCUT2D eigenvalue weighted by Crippen LogP contribution is -2.48. The highest BCUT2D eigenvalue weighted by Crippen LogP contribution is 2.48. The number of hydrogen-bond acceptors (Lipinski definition) is 8. The molecule has 5 fully saturated rings. The highest BCUT2D eigenvalue weighted by molar-refractivity contribution is 5.79. The van der Waals surface area contributed by atoms with Crippen LogP contribution in [0.25, 0.3) is 0 Å². The molecule has 7 rings (SSSR count). The number of benzene rings is 2. The fourth-order valence-electron chi connectivity index (χ4n) is 8.02. The predicted molar refractivity (Wildman–Crippen MR) is 156 cm³/mol. The fourth-order valence-corrected chi connectivity index (χ4v) is 8.02. The normalized spacial score (nSPS) is 34.8. The Morgan fingerprint density at radius 2 is 1.17 bits per heavy atom. The summed E-state index contributed by atoms with van der Waals surface area (Å²) in [5, 5.41) is 0. The van der Waals surface area contributed by atoms with Gasteiger partial charge in [0.05, 0.1) is 13.2 Å². The van der Waals surface area contributed by atoms with Crippen molar-refractivity contribution in [3.05, 3.63) is 71.8 Å². The van der Waals surface area contributed by atoms with Crippen molar-refractivity contribution in [1.82, 2.24) is 9.80 Å². The van der Waals surface area contributed by atoms with Crippen molar-refractivity contribution < 1.29 is 28.5 Å². The molecule has 2 aromatic carbocycles. The van der Waals surface area contributed by atoms with E-state index in [4.69, 9.17) is 18.9 Å². The number of nitrogens with zero attached hydrogens (tertiary/aromatic N) is 2. The SMILES string of the molecule is CN1[C@@H]2CC[C@H]1CC(OC(=O)C(COC[C@@H](C(=O)OC1C[C@@H]3[C@H]4O[C@H]4[C@H](C1)N3C)c1ccccc1)c1ccccc1)C2. The maximum Gasteiger partial charge on any atom is 0.316 e. The zero-order chi connectivity index (χ0) is 28.8. The van der Waals surface area contributed by atoms with Gasteiger partial charge in [-0.25, -0.2) is 0 Å². The molecule has 2 aromatic rings. The topological polar surface area (TPSA) is 80.8 Å². The summed E-state index contributed by atoms with van der Waals surface area (Å²) in [5.41, 5.74) is 1.71. The average Bonchev–Trinajstić information content (AvgIpc) is 3.73. The third-order valence-corrected chi connectivity index (χ3v) is 10.5. The molecular weight excluding hydrogens is 532 g/mol. The second kappa shape index (κ2) is 11.7. The minimum Gasteiger partial charge on any atom is -0.462 e. The Bertz CT molecular complexity index is 1230. The standard InChI is InChI=1S/C34H42N2O6/c1-35-23-13-14-24(35)16-25(15-23)40-33(37)27(21-9-5-3-6-10-21)19-39-20-28(22-11-7-4-8-12-22)34(38)41-26-17-29-31-32(42-31)30(18-26)36(29)2/h3-12,23-32H,13-20H2,1-2H3/t23-,24+,25?,26?,27?,28-,29-,30+,31-,32+/m1/s1. The lowest BCUT2D eigenvalue weighted by atomic mass is 9.97. The lowest BCUT2D eigenvalue weighted by molar-refractivity contribution is -0.158. The number of likely N-dealkylation sites (N-methyl/N-ethyl adjacent to an activating group) is 1. The maximum absolute atomic E-state index is 13.6. The number of carbonyl (C=O) groups is 2. The summed E-state index contributed by atoms with van der Waals surface area (Å²) in [4.78, 5) is 32.0. The number of epoxide rings is 1. The summed E-state index contributed by atoms with van der Waals surface area (Å²) < 4.78 is 24.3. The van der Waals surface area contributed by atoms with Crippen molar-refractivity contribution in [2.24, 2.45) is 0 Å². The van der Waals surface area contributed by atoms with E-state index in [2.05, 4.69) is 23.9 Å². The smallest absolute Gasteiger partial charge is 0.316 e. The quantitative estimate of drug-likeness (QED) is 0.312. The molecule has 0 aromatic heterocycles. The Labute approximate surface area is 248 Å². The van der Waals surface area contributed by atoms with Crippen LogP contribution in [-0.2, 0) is 28.5 Å². The molecule has 4 bridgehead atoms. The van der Waals surface area contributed by atoms with Crippen LogP contribution in [0.2, 0.25) is 0 Å². The van der Waals surface area contributed by atoms with Crippen molar-refractivity contribution in [2.45, 2.75) is 98.9 Å². The maximum atomic E-state index is 13.6. The molecular formula is C34H42N2O6. The molecule has 0 spiro atoms. The Kier molecular flexibility index (Phi) is 7.82. The number of fused-ring (bicyclic) bond motifs is 7. The lowest BCUT2D eigenvalue weighted by Gasteiger charge is -2.38. The molecule has 0 amide bonds. The molecule has 0 aliphatic carbocycles. The van der Waals surface area contributed by atoms with Crippen LogP contribution in [-0.4, -0.2) is 97.6 Å². The highest BCUT2D eigenvalue weighted by Gasteiger charge is 2.63. The number of rotatable bonds is 10. The molecule has 5 aliphatic heterocycles. The van der Waals surface area contributed by atoms with Gasteiger partial charge in [-0.2, -0.15) is 0 Å². The van der Waals surface area contributed by atoms with E-state index >= 15 is 0 Å². The molecule has 10 atom stereocenters. The first-order chi connectivity index (χ1) is 20.5. The van der Waals surface area contributed by atoms with Gasteiger partial charge in [0.1, 0.15) is 36.3 Å². The van der Waals surface area contributed by atoms with E-state index in [-0.39, 0.29) is 49.6 Å². The highest BCUT2D eigenvalue weighted by atomic mass is 16.6. The van der Waals surface area contributed by atoms with Crippen molar-refractivity contribution in [1.29, 1.82) is 0 Å². The van der Waals surface area contributed by atoms with Crippen LogP contribution >= 0.6 is 0 Å². The molecule has 5 saturated heterocycles. The zero-order valence-corrected chi connectivity index (χ0v) is 24.5. The van der Waals surface area contributed by atoms with Crippen molar-refractivity contribution in [3.63, 3.8) is 0 Å². The van der Waals surface area contributed by atoms with Gasteiger partial charge in [-0.3, -0.25) is 14.5 Å². The van der Waals surface area contributed by atoms with Crippen LogP contribution in [0, 0.1) is 0 Å². The van der Waals surface area contributed by atoms with Crippen molar-refractivity contribution in [2.75, 3.05) is 27.3 Å². The van der Waals surface area contributed by atoms with E-state index in [0.29, 0.717) is 24.2 Å². The van der Waals surface area contributed by atoms with Gasteiger partial charge >= 0.3 is 11.9 Å². The number of carbonyl (C=O) groups excluding carboxylic acids is 2. The summed E-state index contributed by atoms with van der Waals surface area (Å²) in [7, 11) is 4.33. The van der Waals surface area contributed by atoms with Crippen LogP contribution in [0.5, 0.6) is 0 Å². The van der Waals surface area contributed by atoms with Crippen molar-refractivity contribution in [3.8, 4) is 0 Å². The van der Waals surface area contributed by atoms with Crippen LogP contribution in [0.1, 0.15) is 61.5 Å². The van der Waals surface area contributed by atoms with Gasteiger partial charge in [0, 0.05) is 37.0 Å². The molecule has 5 heterocycles. The Hall–Kier alpha value is -2.78. The number of hydrogen-bond donors (Lipinski definition) is 0. The van der Waals surface area contributed by atoms with Gasteiger partial charge in [-0.15, -0.1) is 0 Å². The first kappa shape index (κ1) is 28.0. The fraction of sp³-hybridized carbons (Fsp3) is 0.588. The molecule has 224 valence electrons. The van der Waals surface area contributed by atoms with E-state index in [1.165, 1.54) is 12.8 Å². The second-order valence-electron chi connectivity index (χ2n) is 12.9. The number of piperidine rings is 2. The molecule has 0 N–H and O–H groups in total. The van der Waals surface area contributed by atoms with Crippen LogP contribution in [0.4, 0.5) is 0 Å². The van der Waals surface area contributed by atoms with E-state index in [1.54, 1.807) is 0 Å². The van der Waals surface area contributed by atoms with Gasteiger partial charge in [-0.1, -0.05) is 60.7 Å². The number of morpholine rings is 1. The summed E-state index contributed by atoms with van der Waals surface area (Å²) in [5.74, 6) is -1.67. The number of esters is 2. The van der Waals surface area contributed by atoms with Crippen LogP contribution in [0.15, 0.2) is 60.7 Å². The summed E-state index contributed by atoms with van der Waals surface area (Å²) >= 11 is 0. The molecule has 42 heavy (non-hydrogen) atoms. The summed E-state index contributed by atoms with van der Waals surface area (Å²) in [6.45, 7) is 0.268. The Morgan fingerprint density at radius 3 is 1.64 bits per heavy atom. The molecule has 8 heteroatoms. The van der Waals surface area contributed by atoms with Gasteiger partial charge in [0.25, 0.3) is 0 Å². The summed E-state index contributed by atoms with van der Waals surface area (Å²) in [6.07, 6.45) is 6.09. The van der Waals surface area contributed by atoms with Crippen LogP contribution in [0.3, 0.4) is 0 Å². The van der Waals surface area contributed by atoms with Crippen molar-refractivity contribution >= 4 is 11.9 Å². The van der Waals surface area contributed by atoms with E-state index in [0.717, 1.165) is 36.8 Å². The third kappa shape index (κ3) is 5.50.